The zero-order valence-electron chi connectivity index (χ0n) is 21.9. The number of anilines is 2. The van der Waals surface area contributed by atoms with Crippen molar-refractivity contribution in [2.75, 3.05) is 39.9 Å². The van der Waals surface area contributed by atoms with Crippen LogP contribution >= 0.6 is 22.7 Å². The third-order valence-electron chi connectivity index (χ3n) is 5.42. The van der Waals surface area contributed by atoms with Crippen molar-refractivity contribution in [1.82, 2.24) is 15.0 Å². The van der Waals surface area contributed by atoms with E-state index in [2.05, 4.69) is 29.1 Å². The van der Waals surface area contributed by atoms with Gasteiger partial charge in [0.25, 0.3) is 0 Å². The summed E-state index contributed by atoms with van der Waals surface area (Å²) in [7, 11) is 4.56. The van der Waals surface area contributed by atoms with E-state index in [4.69, 9.17) is 23.9 Å². The van der Waals surface area contributed by atoms with Gasteiger partial charge in [0.05, 0.1) is 43.3 Å². The Morgan fingerprint density at radius 2 is 1.92 bits per heavy atom. The third kappa shape index (κ3) is 6.47. The van der Waals surface area contributed by atoms with Gasteiger partial charge >= 0.3 is 5.97 Å². The van der Waals surface area contributed by atoms with Crippen molar-refractivity contribution in [3.63, 3.8) is 0 Å². The first-order valence-corrected chi connectivity index (χ1v) is 13.7. The minimum absolute atomic E-state index is 0.0961. The number of nitrogens with one attached hydrogen (secondary N) is 1. The van der Waals surface area contributed by atoms with Crippen LogP contribution in [0, 0.1) is 5.92 Å². The van der Waals surface area contributed by atoms with E-state index in [0.29, 0.717) is 41.5 Å². The molecule has 1 N–H and O–H groups in total. The van der Waals surface area contributed by atoms with Gasteiger partial charge < -0.3 is 24.3 Å². The molecule has 0 spiro atoms. The van der Waals surface area contributed by atoms with Gasteiger partial charge in [-0.15, -0.1) is 22.7 Å². The molecule has 0 fully saturated rings. The molecule has 0 amide bonds. The summed E-state index contributed by atoms with van der Waals surface area (Å²) in [5, 5.41) is 5.75. The Labute approximate surface area is 229 Å². The van der Waals surface area contributed by atoms with Crippen LogP contribution in [0.1, 0.15) is 29.2 Å². The van der Waals surface area contributed by atoms with Crippen molar-refractivity contribution in [3.8, 4) is 33.3 Å². The van der Waals surface area contributed by atoms with Gasteiger partial charge in [0, 0.05) is 17.6 Å². The Bertz CT molecular complexity index is 1370. The summed E-state index contributed by atoms with van der Waals surface area (Å²) < 4.78 is 21.5. The lowest BCUT2D eigenvalue weighted by molar-refractivity contribution is 0.0595. The average molecular weight is 555 g/mol. The standard InChI is InChI=1S/C27H30N4O5S2/c1-16(2)13-22-23(17-8-9-19(34-4)20(14-17)36-11-10-33-3)30-27(38-22)31-25-24(26(32)35-5)29-18(15-28-25)21-7-6-12-37-21/h6-9,12,14-16H,10-11,13H2,1-5H3,(H,28,30,31). The van der Waals surface area contributed by atoms with E-state index in [1.165, 1.54) is 29.8 Å². The third-order valence-corrected chi connectivity index (χ3v) is 7.31. The molecular formula is C27H30N4O5S2. The first-order valence-electron chi connectivity index (χ1n) is 12.0. The Balaban J connectivity index is 1.70. The molecule has 1 aromatic carbocycles. The number of hydrogen-bond donors (Lipinski definition) is 1. The number of carbonyl (C=O) groups excluding carboxylic acids is 1. The van der Waals surface area contributed by atoms with Gasteiger partial charge in [0.15, 0.2) is 28.1 Å². The number of methoxy groups -OCH3 is 3. The predicted octanol–water partition coefficient (Wildman–Crippen LogP) is 6.09. The van der Waals surface area contributed by atoms with Gasteiger partial charge in [-0.25, -0.2) is 19.7 Å². The molecule has 0 saturated carbocycles. The van der Waals surface area contributed by atoms with E-state index in [1.807, 2.05) is 35.7 Å². The number of hydrogen-bond acceptors (Lipinski definition) is 11. The summed E-state index contributed by atoms with van der Waals surface area (Å²) in [6.45, 7) is 5.18. The molecule has 9 nitrogen and oxygen atoms in total. The van der Waals surface area contributed by atoms with Gasteiger partial charge in [-0.05, 0) is 42.0 Å². The Kier molecular flexibility index (Phi) is 9.27. The number of rotatable bonds is 12. The number of aromatic nitrogens is 3. The summed E-state index contributed by atoms with van der Waals surface area (Å²) in [6, 6.07) is 9.60. The Hall–Kier alpha value is -3.54. The van der Waals surface area contributed by atoms with E-state index in [1.54, 1.807) is 20.4 Å². The van der Waals surface area contributed by atoms with Crippen molar-refractivity contribution >= 4 is 39.6 Å². The van der Waals surface area contributed by atoms with E-state index < -0.39 is 5.97 Å². The van der Waals surface area contributed by atoms with Crippen LogP contribution in [-0.4, -0.2) is 55.5 Å². The molecule has 0 saturated heterocycles. The Morgan fingerprint density at radius 1 is 1.08 bits per heavy atom. The van der Waals surface area contributed by atoms with Gasteiger partial charge in [0.2, 0.25) is 0 Å². The molecule has 0 unspecified atom stereocenters. The van der Waals surface area contributed by atoms with E-state index in [9.17, 15) is 4.79 Å². The normalized spacial score (nSPS) is 11.0. The summed E-state index contributed by atoms with van der Waals surface area (Å²) >= 11 is 3.03. The fourth-order valence-electron chi connectivity index (χ4n) is 3.68. The minimum atomic E-state index is -0.578. The highest BCUT2D eigenvalue weighted by Crippen LogP contribution is 2.38. The number of thiazole rings is 1. The molecule has 0 bridgehead atoms. The number of thiophene rings is 1. The molecule has 3 heterocycles. The van der Waals surface area contributed by atoms with Gasteiger partial charge in [-0.2, -0.15) is 0 Å². The minimum Gasteiger partial charge on any atom is -0.493 e. The van der Waals surface area contributed by atoms with Crippen LogP contribution in [0.15, 0.2) is 41.9 Å². The second kappa shape index (κ2) is 12.8. The number of benzene rings is 1. The molecule has 38 heavy (non-hydrogen) atoms. The monoisotopic (exact) mass is 554 g/mol. The number of nitrogens with zero attached hydrogens (tertiary/aromatic N) is 3. The number of esters is 1. The lowest BCUT2D eigenvalue weighted by Gasteiger charge is -2.12. The maximum atomic E-state index is 12.6. The van der Waals surface area contributed by atoms with Gasteiger partial charge in [0.1, 0.15) is 6.61 Å². The number of carbonyl (C=O) groups is 1. The average Bonchev–Trinajstić information content (AvgIpc) is 3.59. The molecule has 3 aromatic heterocycles. The summed E-state index contributed by atoms with van der Waals surface area (Å²) in [5.41, 5.74) is 2.42. The second-order valence-corrected chi connectivity index (χ2v) is 10.7. The van der Waals surface area contributed by atoms with Crippen LogP contribution in [0.5, 0.6) is 11.5 Å². The van der Waals surface area contributed by atoms with Crippen LogP contribution in [-0.2, 0) is 15.9 Å². The van der Waals surface area contributed by atoms with Gasteiger partial charge in [-0.3, -0.25) is 0 Å². The smallest absolute Gasteiger partial charge is 0.360 e. The van der Waals surface area contributed by atoms with E-state index in [0.717, 1.165) is 27.4 Å². The molecule has 0 aliphatic rings. The molecule has 200 valence electrons. The topological polar surface area (TPSA) is 105 Å². The van der Waals surface area contributed by atoms with E-state index >= 15 is 0 Å². The Morgan fingerprint density at radius 3 is 2.61 bits per heavy atom. The van der Waals surface area contributed by atoms with Crippen molar-refractivity contribution in [2.24, 2.45) is 5.92 Å². The first kappa shape index (κ1) is 27.5. The fraction of sp³-hybridized carbons (Fsp3) is 0.333. The van der Waals surface area contributed by atoms with Crippen molar-refractivity contribution < 1.29 is 23.7 Å². The van der Waals surface area contributed by atoms with Crippen LogP contribution in [0.4, 0.5) is 10.9 Å². The maximum Gasteiger partial charge on any atom is 0.360 e. The zero-order valence-corrected chi connectivity index (χ0v) is 23.6. The molecule has 0 aliphatic heterocycles. The quantitative estimate of drug-likeness (QED) is 0.164. The summed E-state index contributed by atoms with van der Waals surface area (Å²) in [6.07, 6.45) is 2.46. The SMILES string of the molecule is COCCOc1cc(-c2nc(Nc3ncc(-c4cccs4)nc3C(=O)OC)sc2CC(C)C)ccc1OC. The number of ether oxygens (including phenoxy) is 4. The fourth-order valence-corrected chi connectivity index (χ4v) is 5.55. The molecule has 0 atom stereocenters. The lowest BCUT2D eigenvalue weighted by Crippen LogP contribution is -2.10. The molecule has 0 aliphatic carbocycles. The highest BCUT2D eigenvalue weighted by atomic mass is 32.1. The first-order chi connectivity index (χ1) is 18.4. The van der Waals surface area contributed by atoms with Crippen LogP contribution in [0.2, 0.25) is 0 Å². The van der Waals surface area contributed by atoms with Crippen LogP contribution < -0.4 is 14.8 Å². The molecule has 4 aromatic rings. The van der Waals surface area contributed by atoms with E-state index in [-0.39, 0.29) is 11.5 Å². The van der Waals surface area contributed by atoms with Crippen molar-refractivity contribution in [2.45, 2.75) is 20.3 Å². The molecular weight excluding hydrogens is 524 g/mol. The highest BCUT2D eigenvalue weighted by molar-refractivity contribution is 7.16. The van der Waals surface area contributed by atoms with Crippen molar-refractivity contribution in [3.05, 3.63) is 52.5 Å². The molecule has 4 rings (SSSR count). The van der Waals surface area contributed by atoms with Crippen LogP contribution in [0.25, 0.3) is 21.8 Å². The second-order valence-electron chi connectivity index (χ2n) is 8.64. The van der Waals surface area contributed by atoms with Crippen molar-refractivity contribution in [1.29, 1.82) is 0 Å². The predicted molar refractivity (Wildman–Crippen MR) is 150 cm³/mol. The summed E-state index contributed by atoms with van der Waals surface area (Å²) in [4.78, 5) is 28.5. The van der Waals surface area contributed by atoms with Gasteiger partial charge in [-0.1, -0.05) is 19.9 Å². The largest absolute Gasteiger partial charge is 0.493 e. The molecule has 0 radical (unpaired) electrons. The zero-order chi connectivity index (χ0) is 27.1. The lowest BCUT2D eigenvalue weighted by atomic mass is 10.0. The molecule has 11 heteroatoms. The maximum absolute atomic E-state index is 12.6. The summed E-state index contributed by atoms with van der Waals surface area (Å²) in [5.74, 6) is 1.36. The highest BCUT2D eigenvalue weighted by Gasteiger charge is 2.21. The van der Waals surface area contributed by atoms with Crippen LogP contribution in [0.3, 0.4) is 0 Å².